The molecule has 0 aromatic heterocycles. The maximum absolute atomic E-state index is 11.8. The zero-order chi connectivity index (χ0) is 10.7. The Labute approximate surface area is 83.4 Å². The molecule has 0 bridgehead atoms. The van der Waals surface area contributed by atoms with Crippen LogP contribution in [0.3, 0.4) is 0 Å². The molecule has 0 aliphatic heterocycles. The van der Waals surface area contributed by atoms with Gasteiger partial charge >= 0.3 is 6.61 Å². The Morgan fingerprint density at radius 1 is 1.43 bits per heavy atom. The van der Waals surface area contributed by atoms with Crippen molar-refractivity contribution in [3.63, 3.8) is 0 Å². The number of rotatable bonds is 3. The minimum Gasteiger partial charge on any atom is -0.435 e. The van der Waals surface area contributed by atoms with Crippen molar-refractivity contribution in [3.8, 4) is 5.75 Å². The van der Waals surface area contributed by atoms with Crippen LogP contribution in [0.1, 0.15) is 10.4 Å². The van der Waals surface area contributed by atoms with E-state index >= 15 is 0 Å². The molecule has 0 heterocycles. The number of hydrogen-bond acceptors (Lipinski definition) is 2. The number of carbonyl (C=O) groups excluding carboxylic acids is 1. The van der Waals surface area contributed by atoms with Crippen LogP contribution >= 0.6 is 11.6 Å². The molecule has 0 fully saturated rings. The van der Waals surface area contributed by atoms with Crippen LogP contribution in [0.4, 0.5) is 8.78 Å². The highest BCUT2D eigenvalue weighted by molar-refractivity contribution is 6.31. The van der Waals surface area contributed by atoms with Crippen LogP contribution in [0.15, 0.2) is 18.2 Å². The van der Waals surface area contributed by atoms with E-state index in [1.165, 1.54) is 12.1 Å². The molecule has 1 rings (SSSR count). The van der Waals surface area contributed by atoms with Gasteiger partial charge in [0.25, 0.3) is 0 Å². The van der Waals surface area contributed by atoms with Gasteiger partial charge < -0.3 is 10.5 Å². The van der Waals surface area contributed by atoms with Gasteiger partial charge in [-0.3, -0.25) is 4.79 Å². The number of carbonyl (C=O) groups is 1. The van der Waals surface area contributed by atoms with Crippen LogP contribution < -0.4 is 10.5 Å². The maximum atomic E-state index is 11.8. The van der Waals surface area contributed by atoms with E-state index in [4.69, 9.17) is 17.3 Å². The second-order valence-corrected chi connectivity index (χ2v) is 2.85. The average Bonchev–Trinajstić information content (AvgIpc) is 2.01. The zero-order valence-electron chi connectivity index (χ0n) is 6.84. The normalized spacial score (nSPS) is 10.3. The van der Waals surface area contributed by atoms with Crippen LogP contribution in [0.5, 0.6) is 5.75 Å². The molecule has 1 aromatic carbocycles. The lowest BCUT2D eigenvalue weighted by atomic mass is 10.2. The molecule has 2 N–H and O–H groups in total. The van der Waals surface area contributed by atoms with E-state index in [-0.39, 0.29) is 16.3 Å². The number of alkyl halides is 2. The molecule has 0 aliphatic rings. The van der Waals surface area contributed by atoms with E-state index < -0.39 is 12.5 Å². The molecular formula is C8H6ClF2NO2. The molecule has 6 heteroatoms. The third-order valence-electron chi connectivity index (χ3n) is 1.38. The first-order valence-electron chi connectivity index (χ1n) is 3.54. The summed E-state index contributed by atoms with van der Waals surface area (Å²) < 4.78 is 27.7. The van der Waals surface area contributed by atoms with Crippen molar-refractivity contribution in [2.75, 3.05) is 0 Å². The van der Waals surface area contributed by atoms with Gasteiger partial charge in [0.1, 0.15) is 5.75 Å². The van der Waals surface area contributed by atoms with Gasteiger partial charge in [0.2, 0.25) is 5.91 Å². The molecule has 3 nitrogen and oxygen atoms in total. The Hall–Kier alpha value is -1.36. The Bertz CT molecular complexity index is 357. The fourth-order valence-corrected chi connectivity index (χ4v) is 1.10. The molecule has 1 aromatic rings. The molecule has 0 radical (unpaired) electrons. The highest BCUT2D eigenvalue weighted by Crippen LogP contribution is 2.22. The number of ether oxygens (including phenoxy) is 1. The summed E-state index contributed by atoms with van der Waals surface area (Å²) in [5.74, 6) is -0.951. The zero-order valence-corrected chi connectivity index (χ0v) is 7.59. The summed E-state index contributed by atoms with van der Waals surface area (Å²) >= 11 is 5.54. The van der Waals surface area contributed by atoms with Gasteiger partial charge in [-0.15, -0.1) is 0 Å². The Morgan fingerprint density at radius 2 is 2.07 bits per heavy atom. The molecule has 0 saturated heterocycles. The molecule has 0 saturated carbocycles. The molecular weight excluding hydrogens is 216 g/mol. The topological polar surface area (TPSA) is 52.3 Å². The third kappa shape index (κ3) is 2.85. The lowest BCUT2D eigenvalue weighted by Crippen LogP contribution is -2.11. The van der Waals surface area contributed by atoms with Gasteiger partial charge in [-0.2, -0.15) is 8.78 Å². The minimum absolute atomic E-state index is 0.0214. The van der Waals surface area contributed by atoms with Crippen molar-refractivity contribution in [2.24, 2.45) is 5.73 Å². The van der Waals surface area contributed by atoms with E-state index in [2.05, 4.69) is 4.74 Å². The Balaban J connectivity index is 3.01. The van der Waals surface area contributed by atoms with Crippen molar-refractivity contribution < 1.29 is 18.3 Å². The number of primary amides is 1. The van der Waals surface area contributed by atoms with Gasteiger partial charge in [0.05, 0.1) is 0 Å². The van der Waals surface area contributed by atoms with E-state index in [0.29, 0.717) is 0 Å². The lowest BCUT2D eigenvalue weighted by Gasteiger charge is -2.05. The predicted octanol–water partition coefficient (Wildman–Crippen LogP) is 2.04. The third-order valence-corrected chi connectivity index (χ3v) is 1.60. The molecule has 0 unspecified atom stereocenters. The SMILES string of the molecule is NC(=O)c1cc(Cl)cc(OC(F)F)c1. The Morgan fingerprint density at radius 3 is 2.57 bits per heavy atom. The highest BCUT2D eigenvalue weighted by atomic mass is 35.5. The van der Waals surface area contributed by atoms with Crippen LogP contribution in [0.25, 0.3) is 0 Å². The van der Waals surface area contributed by atoms with Crippen LogP contribution in [-0.2, 0) is 0 Å². The summed E-state index contributed by atoms with van der Waals surface area (Å²) in [4.78, 5) is 10.7. The average molecular weight is 222 g/mol. The number of halogens is 3. The van der Waals surface area contributed by atoms with Gasteiger partial charge in [-0.1, -0.05) is 11.6 Å². The van der Waals surface area contributed by atoms with Crippen LogP contribution in [-0.4, -0.2) is 12.5 Å². The standard InChI is InChI=1S/C8H6ClF2NO2/c9-5-1-4(7(12)13)2-6(3-5)14-8(10)11/h1-3,8H,(H2,12,13). The molecule has 14 heavy (non-hydrogen) atoms. The van der Waals surface area contributed by atoms with Gasteiger partial charge in [-0.05, 0) is 18.2 Å². The van der Waals surface area contributed by atoms with E-state index in [0.717, 1.165) is 6.07 Å². The first-order chi connectivity index (χ1) is 6.49. The van der Waals surface area contributed by atoms with Crippen LogP contribution in [0, 0.1) is 0 Å². The molecule has 0 aliphatic carbocycles. The Kier molecular flexibility index (Phi) is 3.24. The summed E-state index contributed by atoms with van der Waals surface area (Å²) in [6.45, 7) is -2.96. The molecule has 1 amide bonds. The maximum Gasteiger partial charge on any atom is 0.387 e. The molecule has 76 valence electrons. The number of amides is 1. The summed E-state index contributed by atoms with van der Waals surface area (Å²) in [6.07, 6.45) is 0. The van der Waals surface area contributed by atoms with E-state index in [1.54, 1.807) is 0 Å². The second kappa shape index (κ2) is 4.23. The number of nitrogens with two attached hydrogens (primary N) is 1. The lowest BCUT2D eigenvalue weighted by molar-refractivity contribution is -0.0498. The van der Waals surface area contributed by atoms with Crippen molar-refractivity contribution >= 4 is 17.5 Å². The fraction of sp³-hybridized carbons (Fsp3) is 0.125. The smallest absolute Gasteiger partial charge is 0.387 e. The summed E-state index contributed by atoms with van der Waals surface area (Å²) in [5, 5.41) is 0.108. The van der Waals surface area contributed by atoms with Gasteiger partial charge in [0, 0.05) is 10.6 Å². The molecule has 0 spiro atoms. The number of benzene rings is 1. The van der Waals surface area contributed by atoms with Crippen molar-refractivity contribution in [2.45, 2.75) is 6.61 Å². The number of hydrogen-bond donors (Lipinski definition) is 1. The summed E-state index contributed by atoms with van der Waals surface area (Å²) in [6, 6.07) is 3.53. The first kappa shape index (κ1) is 10.7. The van der Waals surface area contributed by atoms with Crippen LogP contribution in [0.2, 0.25) is 5.02 Å². The van der Waals surface area contributed by atoms with Crippen molar-refractivity contribution in [1.82, 2.24) is 0 Å². The van der Waals surface area contributed by atoms with Gasteiger partial charge in [0.15, 0.2) is 0 Å². The minimum atomic E-state index is -2.96. The largest absolute Gasteiger partial charge is 0.435 e. The quantitative estimate of drug-likeness (QED) is 0.849. The van der Waals surface area contributed by atoms with Crippen molar-refractivity contribution in [3.05, 3.63) is 28.8 Å². The monoisotopic (exact) mass is 221 g/mol. The second-order valence-electron chi connectivity index (χ2n) is 2.42. The first-order valence-corrected chi connectivity index (χ1v) is 3.92. The van der Waals surface area contributed by atoms with Crippen molar-refractivity contribution in [1.29, 1.82) is 0 Å². The van der Waals surface area contributed by atoms with E-state index in [1.807, 2.05) is 0 Å². The summed E-state index contributed by atoms with van der Waals surface area (Å²) in [5.41, 5.74) is 4.96. The van der Waals surface area contributed by atoms with E-state index in [9.17, 15) is 13.6 Å². The summed E-state index contributed by atoms with van der Waals surface area (Å²) in [7, 11) is 0. The highest BCUT2D eigenvalue weighted by Gasteiger charge is 2.09. The van der Waals surface area contributed by atoms with Gasteiger partial charge in [-0.25, -0.2) is 0 Å². The molecule has 0 atom stereocenters. The fourth-order valence-electron chi connectivity index (χ4n) is 0.876. The predicted molar refractivity (Wildman–Crippen MR) is 46.6 cm³/mol.